The minimum atomic E-state index is -0.120. The van der Waals surface area contributed by atoms with Crippen molar-refractivity contribution in [2.24, 2.45) is 5.73 Å². The fourth-order valence-electron chi connectivity index (χ4n) is 1.80. The molecule has 2 aromatic rings. The summed E-state index contributed by atoms with van der Waals surface area (Å²) < 4.78 is 5.79. The summed E-state index contributed by atoms with van der Waals surface area (Å²) in [5.74, 6) is 0.669. The summed E-state index contributed by atoms with van der Waals surface area (Å²) in [4.78, 5) is 16.0. The van der Waals surface area contributed by atoms with Crippen molar-refractivity contribution in [3.63, 3.8) is 0 Å². The van der Waals surface area contributed by atoms with Crippen molar-refractivity contribution in [2.45, 2.75) is 26.4 Å². The standard InChI is InChI=1S/C15H19N3O2S/c1-10(2)20-13-6-4-3-5-11(13)12-9-21-15(17-12)18-14(19)7-8-16/h3-6,9-10H,7-8,16H2,1-2H3,(H,17,18,19). The zero-order chi connectivity index (χ0) is 15.2. The largest absolute Gasteiger partial charge is 0.490 e. The van der Waals surface area contributed by atoms with Crippen molar-refractivity contribution in [1.29, 1.82) is 0 Å². The van der Waals surface area contributed by atoms with Gasteiger partial charge < -0.3 is 15.8 Å². The first kappa shape index (κ1) is 15.5. The van der Waals surface area contributed by atoms with Crippen LogP contribution in [0.4, 0.5) is 5.13 Å². The summed E-state index contributed by atoms with van der Waals surface area (Å²) >= 11 is 1.39. The van der Waals surface area contributed by atoms with Gasteiger partial charge in [-0.15, -0.1) is 11.3 Å². The summed E-state index contributed by atoms with van der Waals surface area (Å²) in [6, 6.07) is 7.74. The maximum atomic E-state index is 11.5. The molecule has 1 heterocycles. The van der Waals surface area contributed by atoms with Gasteiger partial charge in [-0.1, -0.05) is 12.1 Å². The highest BCUT2D eigenvalue weighted by atomic mass is 32.1. The molecule has 0 fully saturated rings. The van der Waals surface area contributed by atoms with E-state index >= 15 is 0 Å². The molecule has 3 N–H and O–H groups in total. The van der Waals surface area contributed by atoms with Crippen molar-refractivity contribution in [3.05, 3.63) is 29.6 Å². The number of amides is 1. The van der Waals surface area contributed by atoms with Crippen molar-refractivity contribution >= 4 is 22.4 Å². The number of rotatable bonds is 6. The number of nitrogens with zero attached hydrogens (tertiary/aromatic N) is 1. The van der Waals surface area contributed by atoms with E-state index in [4.69, 9.17) is 10.5 Å². The number of anilines is 1. The number of nitrogens with one attached hydrogen (secondary N) is 1. The second-order valence-electron chi connectivity index (χ2n) is 4.79. The van der Waals surface area contributed by atoms with Gasteiger partial charge in [0.2, 0.25) is 5.91 Å². The van der Waals surface area contributed by atoms with Crippen molar-refractivity contribution in [1.82, 2.24) is 4.98 Å². The first-order valence-electron chi connectivity index (χ1n) is 6.81. The van der Waals surface area contributed by atoms with Crippen LogP contribution in [0.2, 0.25) is 0 Å². The van der Waals surface area contributed by atoms with Gasteiger partial charge in [0.1, 0.15) is 5.75 Å². The molecule has 6 heteroatoms. The molecule has 21 heavy (non-hydrogen) atoms. The van der Waals surface area contributed by atoms with Gasteiger partial charge in [0.25, 0.3) is 0 Å². The molecule has 0 bridgehead atoms. The van der Waals surface area contributed by atoms with E-state index in [9.17, 15) is 4.79 Å². The van der Waals surface area contributed by atoms with Gasteiger partial charge in [-0.05, 0) is 26.0 Å². The number of thiazole rings is 1. The minimum absolute atomic E-state index is 0.0912. The second kappa shape index (κ2) is 7.19. The molecule has 0 aliphatic rings. The Morgan fingerprint density at radius 1 is 1.43 bits per heavy atom. The van der Waals surface area contributed by atoms with Gasteiger partial charge in [-0.25, -0.2) is 4.98 Å². The Balaban J connectivity index is 2.19. The first-order valence-corrected chi connectivity index (χ1v) is 7.69. The molecule has 0 atom stereocenters. The third-order valence-corrected chi connectivity index (χ3v) is 3.41. The van der Waals surface area contributed by atoms with Gasteiger partial charge in [0.05, 0.1) is 11.8 Å². The highest BCUT2D eigenvalue weighted by Gasteiger charge is 2.12. The number of benzene rings is 1. The molecule has 0 aliphatic heterocycles. The lowest BCUT2D eigenvalue weighted by Crippen LogP contribution is -2.15. The van der Waals surface area contributed by atoms with Crippen LogP contribution in [0.3, 0.4) is 0 Å². The summed E-state index contributed by atoms with van der Waals surface area (Å²) in [5.41, 5.74) is 7.06. The maximum Gasteiger partial charge on any atom is 0.227 e. The Morgan fingerprint density at radius 3 is 2.90 bits per heavy atom. The molecular weight excluding hydrogens is 286 g/mol. The van der Waals surface area contributed by atoms with Crippen LogP contribution in [0.1, 0.15) is 20.3 Å². The fourth-order valence-corrected chi connectivity index (χ4v) is 2.53. The Hall–Kier alpha value is -1.92. The van der Waals surface area contributed by atoms with Crippen LogP contribution in [-0.2, 0) is 4.79 Å². The van der Waals surface area contributed by atoms with E-state index in [2.05, 4.69) is 10.3 Å². The van der Waals surface area contributed by atoms with E-state index in [0.29, 0.717) is 18.1 Å². The molecule has 0 aliphatic carbocycles. The predicted octanol–water partition coefficient (Wildman–Crippen LogP) is 2.88. The number of carbonyl (C=O) groups excluding carboxylic acids is 1. The number of para-hydroxylation sites is 1. The third-order valence-electron chi connectivity index (χ3n) is 2.65. The highest BCUT2D eigenvalue weighted by Crippen LogP contribution is 2.32. The van der Waals surface area contributed by atoms with Crippen molar-refractivity contribution in [3.8, 4) is 17.0 Å². The monoisotopic (exact) mass is 305 g/mol. The summed E-state index contributed by atoms with van der Waals surface area (Å²) in [6.45, 7) is 4.29. The van der Waals surface area contributed by atoms with E-state index in [0.717, 1.165) is 17.0 Å². The van der Waals surface area contributed by atoms with Gasteiger partial charge in [0, 0.05) is 23.9 Å². The molecule has 0 unspecified atom stereocenters. The Labute approximate surface area is 128 Å². The van der Waals surface area contributed by atoms with Crippen molar-refractivity contribution in [2.75, 3.05) is 11.9 Å². The van der Waals surface area contributed by atoms with Crippen LogP contribution in [0, 0.1) is 0 Å². The maximum absolute atomic E-state index is 11.5. The summed E-state index contributed by atoms with van der Waals surface area (Å²) in [7, 11) is 0. The van der Waals surface area contributed by atoms with E-state index in [1.165, 1.54) is 11.3 Å². The summed E-state index contributed by atoms with van der Waals surface area (Å²) in [5, 5.41) is 5.22. The van der Waals surface area contributed by atoms with Crippen LogP contribution in [0.5, 0.6) is 5.75 Å². The second-order valence-corrected chi connectivity index (χ2v) is 5.65. The summed E-state index contributed by atoms with van der Waals surface area (Å²) in [6.07, 6.45) is 0.385. The lowest BCUT2D eigenvalue weighted by molar-refractivity contribution is -0.116. The molecule has 2 rings (SSSR count). The highest BCUT2D eigenvalue weighted by molar-refractivity contribution is 7.14. The first-order chi connectivity index (χ1) is 10.1. The normalized spacial score (nSPS) is 10.7. The van der Waals surface area contributed by atoms with Crippen LogP contribution in [-0.4, -0.2) is 23.5 Å². The Bertz CT molecular complexity index is 610. The van der Waals surface area contributed by atoms with Gasteiger partial charge in [0.15, 0.2) is 5.13 Å². The third kappa shape index (κ3) is 4.27. The molecule has 0 spiro atoms. The lowest BCUT2D eigenvalue weighted by Gasteiger charge is -2.12. The number of hydrogen-bond acceptors (Lipinski definition) is 5. The van der Waals surface area contributed by atoms with E-state index in [1.54, 1.807) is 0 Å². The zero-order valence-electron chi connectivity index (χ0n) is 12.1. The molecule has 1 amide bonds. The van der Waals surface area contributed by atoms with Crippen molar-refractivity contribution < 1.29 is 9.53 Å². The molecule has 5 nitrogen and oxygen atoms in total. The van der Waals surface area contributed by atoms with E-state index in [1.807, 2.05) is 43.5 Å². The molecule has 112 valence electrons. The number of carbonyl (C=O) groups is 1. The molecule has 0 saturated heterocycles. The number of aromatic nitrogens is 1. The van der Waals surface area contributed by atoms with Gasteiger partial charge in [-0.2, -0.15) is 0 Å². The van der Waals surface area contributed by atoms with Gasteiger partial charge in [-0.3, -0.25) is 4.79 Å². The molecule has 0 saturated carbocycles. The zero-order valence-corrected chi connectivity index (χ0v) is 12.9. The average molecular weight is 305 g/mol. The van der Waals surface area contributed by atoms with Crippen LogP contribution < -0.4 is 15.8 Å². The van der Waals surface area contributed by atoms with E-state index < -0.39 is 0 Å². The SMILES string of the molecule is CC(C)Oc1ccccc1-c1csc(NC(=O)CCN)n1. The molecule has 1 aromatic heterocycles. The Kier molecular flexibility index (Phi) is 5.30. The lowest BCUT2D eigenvalue weighted by atomic mass is 10.1. The predicted molar refractivity (Wildman–Crippen MR) is 85.6 cm³/mol. The average Bonchev–Trinajstić information content (AvgIpc) is 2.87. The topological polar surface area (TPSA) is 77.2 Å². The minimum Gasteiger partial charge on any atom is -0.490 e. The fraction of sp³-hybridized carbons (Fsp3) is 0.333. The number of ether oxygens (including phenoxy) is 1. The molecular formula is C15H19N3O2S. The quantitative estimate of drug-likeness (QED) is 0.860. The van der Waals surface area contributed by atoms with E-state index in [-0.39, 0.29) is 12.0 Å². The molecule has 1 aromatic carbocycles. The number of nitrogens with two attached hydrogens (primary N) is 1. The van der Waals surface area contributed by atoms with Crippen LogP contribution in [0.15, 0.2) is 29.6 Å². The molecule has 0 radical (unpaired) electrons. The van der Waals surface area contributed by atoms with Crippen LogP contribution >= 0.6 is 11.3 Å². The van der Waals surface area contributed by atoms with Gasteiger partial charge >= 0.3 is 0 Å². The number of hydrogen-bond donors (Lipinski definition) is 2. The van der Waals surface area contributed by atoms with Crippen LogP contribution in [0.25, 0.3) is 11.3 Å². The Morgan fingerprint density at radius 2 is 2.19 bits per heavy atom. The smallest absolute Gasteiger partial charge is 0.227 e.